The third-order valence-electron chi connectivity index (χ3n) is 4.28. The fourth-order valence-electron chi connectivity index (χ4n) is 3.03. The van der Waals surface area contributed by atoms with E-state index in [0.717, 1.165) is 22.2 Å². The van der Waals surface area contributed by atoms with Gasteiger partial charge in [0.2, 0.25) is 5.91 Å². The molecule has 6 nitrogen and oxygen atoms in total. The third kappa shape index (κ3) is 1.65. The van der Waals surface area contributed by atoms with Crippen molar-refractivity contribution in [2.75, 3.05) is 0 Å². The third-order valence-corrected chi connectivity index (χ3v) is 4.28. The highest BCUT2D eigenvalue weighted by Crippen LogP contribution is 2.59. The molecule has 1 amide bonds. The second-order valence-electron chi connectivity index (χ2n) is 5.40. The molecule has 1 aliphatic rings. The van der Waals surface area contributed by atoms with Gasteiger partial charge in [0.25, 0.3) is 0 Å². The van der Waals surface area contributed by atoms with E-state index in [9.17, 15) is 4.79 Å². The molecule has 3 aromatic rings. The molecule has 1 fully saturated rings. The molecule has 0 bridgehead atoms. The number of hydrogen-bond acceptors (Lipinski definition) is 4. The number of aromatic nitrogens is 4. The van der Waals surface area contributed by atoms with Gasteiger partial charge in [0, 0.05) is 29.4 Å². The van der Waals surface area contributed by atoms with E-state index in [-0.39, 0.29) is 11.8 Å². The SMILES string of the molecule is NC(=O)C1(c2cccnc2)CC1c1cc2cn[nH]c2cn1. The van der Waals surface area contributed by atoms with Gasteiger partial charge in [-0.25, -0.2) is 0 Å². The minimum atomic E-state index is -0.682. The van der Waals surface area contributed by atoms with E-state index in [2.05, 4.69) is 20.2 Å². The van der Waals surface area contributed by atoms with Gasteiger partial charge < -0.3 is 5.73 Å². The zero-order chi connectivity index (χ0) is 14.4. The molecule has 0 aromatic carbocycles. The second-order valence-corrected chi connectivity index (χ2v) is 5.40. The van der Waals surface area contributed by atoms with Crippen molar-refractivity contribution in [3.8, 4) is 0 Å². The Kier molecular flexibility index (Phi) is 2.35. The molecule has 3 heterocycles. The molecular weight excluding hydrogens is 266 g/mol. The van der Waals surface area contributed by atoms with Crippen molar-refractivity contribution in [1.29, 1.82) is 0 Å². The standard InChI is InChI=1S/C15H13N5O/c16-14(21)15(10-2-1-3-17-7-10)5-11(15)12-4-9-6-19-20-13(9)8-18-12/h1-4,6-8,11H,5H2,(H2,16,21)(H,19,20). The van der Waals surface area contributed by atoms with Crippen LogP contribution in [0.1, 0.15) is 23.6 Å². The van der Waals surface area contributed by atoms with Crippen molar-refractivity contribution in [3.63, 3.8) is 0 Å². The molecule has 2 atom stereocenters. The quantitative estimate of drug-likeness (QED) is 0.754. The maximum atomic E-state index is 12.0. The van der Waals surface area contributed by atoms with Crippen LogP contribution in [0.4, 0.5) is 0 Å². The van der Waals surface area contributed by atoms with Crippen molar-refractivity contribution >= 4 is 16.8 Å². The predicted molar refractivity (Wildman–Crippen MR) is 76.4 cm³/mol. The van der Waals surface area contributed by atoms with E-state index in [1.807, 2.05) is 18.2 Å². The Morgan fingerprint density at radius 2 is 2.29 bits per heavy atom. The number of aromatic amines is 1. The molecule has 0 saturated heterocycles. The van der Waals surface area contributed by atoms with Gasteiger partial charge in [-0.05, 0) is 24.1 Å². The summed E-state index contributed by atoms with van der Waals surface area (Å²) in [6.07, 6.45) is 7.56. The fraction of sp³-hybridized carbons (Fsp3) is 0.200. The number of nitrogens with one attached hydrogen (secondary N) is 1. The number of nitrogens with two attached hydrogens (primary N) is 1. The lowest BCUT2D eigenvalue weighted by atomic mass is 9.92. The van der Waals surface area contributed by atoms with E-state index in [0.29, 0.717) is 6.42 Å². The van der Waals surface area contributed by atoms with E-state index in [1.165, 1.54) is 0 Å². The number of carbonyl (C=O) groups is 1. The average Bonchev–Trinajstić information content (AvgIpc) is 3.11. The number of hydrogen-bond donors (Lipinski definition) is 2. The van der Waals surface area contributed by atoms with E-state index in [4.69, 9.17) is 5.73 Å². The largest absolute Gasteiger partial charge is 0.369 e. The number of nitrogens with zero attached hydrogens (tertiary/aromatic N) is 3. The van der Waals surface area contributed by atoms with Gasteiger partial charge >= 0.3 is 0 Å². The predicted octanol–water partition coefficient (Wildman–Crippen LogP) is 1.26. The van der Waals surface area contributed by atoms with E-state index in [1.54, 1.807) is 24.8 Å². The number of amides is 1. The summed E-state index contributed by atoms with van der Waals surface area (Å²) in [6.45, 7) is 0. The molecule has 0 radical (unpaired) electrons. The molecule has 0 spiro atoms. The molecular formula is C15H13N5O. The Morgan fingerprint density at radius 1 is 1.38 bits per heavy atom. The van der Waals surface area contributed by atoms with Crippen LogP contribution in [0.5, 0.6) is 0 Å². The summed E-state index contributed by atoms with van der Waals surface area (Å²) in [4.78, 5) is 20.6. The highest BCUT2D eigenvalue weighted by molar-refractivity contribution is 5.92. The Labute approximate surface area is 120 Å². The number of primary amides is 1. The Bertz CT molecular complexity index is 828. The van der Waals surface area contributed by atoms with Gasteiger partial charge in [0.1, 0.15) is 0 Å². The summed E-state index contributed by atoms with van der Waals surface area (Å²) in [7, 11) is 0. The number of rotatable bonds is 3. The summed E-state index contributed by atoms with van der Waals surface area (Å²) in [5, 5.41) is 7.84. The van der Waals surface area contributed by atoms with Crippen LogP contribution in [0.3, 0.4) is 0 Å². The Balaban J connectivity index is 1.78. The van der Waals surface area contributed by atoms with Crippen molar-refractivity contribution in [2.45, 2.75) is 17.8 Å². The zero-order valence-electron chi connectivity index (χ0n) is 11.2. The molecule has 2 unspecified atom stereocenters. The molecule has 1 saturated carbocycles. The lowest BCUT2D eigenvalue weighted by Gasteiger charge is -2.13. The smallest absolute Gasteiger partial charge is 0.228 e. The molecule has 4 rings (SSSR count). The van der Waals surface area contributed by atoms with Crippen LogP contribution in [-0.2, 0) is 10.2 Å². The van der Waals surface area contributed by atoms with Crippen molar-refractivity contribution in [1.82, 2.24) is 20.2 Å². The topological polar surface area (TPSA) is 97.5 Å². The number of carbonyl (C=O) groups excluding carboxylic acids is 1. The zero-order valence-corrected chi connectivity index (χ0v) is 11.2. The van der Waals surface area contributed by atoms with Gasteiger partial charge in [-0.15, -0.1) is 0 Å². The van der Waals surface area contributed by atoms with Crippen LogP contribution < -0.4 is 5.73 Å². The monoisotopic (exact) mass is 279 g/mol. The van der Waals surface area contributed by atoms with Gasteiger partial charge in [0.15, 0.2) is 0 Å². The van der Waals surface area contributed by atoms with Crippen LogP contribution in [0.25, 0.3) is 10.9 Å². The normalized spacial score (nSPS) is 24.1. The molecule has 0 aliphatic heterocycles. The second kappa shape index (κ2) is 4.12. The highest BCUT2D eigenvalue weighted by Gasteiger charge is 2.61. The minimum absolute atomic E-state index is 0.00139. The van der Waals surface area contributed by atoms with Gasteiger partial charge in [-0.1, -0.05) is 6.07 Å². The van der Waals surface area contributed by atoms with Crippen molar-refractivity contribution in [2.24, 2.45) is 5.73 Å². The Morgan fingerprint density at radius 3 is 3.05 bits per heavy atom. The molecule has 3 aromatic heterocycles. The molecule has 104 valence electrons. The maximum Gasteiger partial charge on any atom is 0.228 e. The number of pyridine rings is 2. The first-order valence-corrected chi connectivity index (χ1v) is 6.71. The fourth-order valence-corrected chi connectivity index (χ4v) is 3.03. The van der Waals surface area contributed by atoms with E-state index >= 15 is 0 Å². The Hall–Kier alpha value is -2.76. The molecule has 6 heteroatoms. The maximum absolute atomic E-state index is 12.0. The first-order chi connectivity index (χ1) is 10.2. The summed E-state index contributed by atoms with van der Waals surface area (Å²) in [5.74, 6) is -0.326. The highest BCUT2D eigenvalue weighted by atomic mass is 16.1. The first-order valence-electron chi connectivity index (χ1n) is 6.71. The van der Waals surface area contributed by atoms with Crippen molar-refractivity contribution < 1.29 is 4.79 Å². The first kappa shape index (κ1) is 12.0. The molecule has 1 aliphatic carbocycles. The summed E-state index contributed by atoms with van der Waals surface area (Å²) < 4.78 is 0. The van der Waals surface area contributed by atoms with Gasteiger partial charge in [0.05, 0.1) is 23.3 Å². The van der Waals surface area contributed by atoms with Gasteiger partial charge in [-0.3, -0.25) is 19.9 Å². The van der Waals surface area contributed by atoms with E-state index < -0.39 is 5.41 Å². The summed E-state index contributed by atoms with van der Waals surface area (Å²) >= 11 is 0. The van der Waals surface area contributed by atoms with Crippen LogP contribution in [0.15, 0.2) is 43.0 Å². The van der Waals surface area contributed by atoms with Crippen LogP contribution in [0, 0.1) is 0 Å². The lowest BCUT2D eigenvalue weighted by Crippen LogP contribution is -2.30. The summed E-state index contributed by atoms with van der Waals surface area (Å²) in [5.41, 5.74) is 7.60. The van der Waals surface area contributed by atoms with Crippen molar-refractivity contribution in [3.05, 3.63) is 54.2 Å². The van der Waals surface area contributed by atoms with Crippen LogP contribution in [0.2, 0.25) is 0 Å². The van der Waals surface area contributed by atoms with Crippen LogP contribution >= 0.6 is 0 Å². The lowest BCUT2D eigenvalue weighted by molar-refractivity contribution is -0.120. The molecule has 3 N–H and O–H groups in total. The molecule has 21 heavy (non-hydrogen) atoms. The average molecular weight is 279 g/mol. The van der Waals surface area contributed by atoms with Gasteiger partial charge in [-0.2, -0.15) is 5.10 Å². The number of H-pyrrole nitrogens is 1. The minimum Gasteiger partial charge on any atom is -0.369 e. The summed E-state index contributed by atoms with van der Waals surface area (Å²) in [6, 6.07) is 5.68. The number of fused-ring (bicyclic) bond motifs is 1. The van der Waals surface area contributed by atoms with Crippen LogP contribution in [-0.4, -0.2) is 26.1 Å².